The first kappa shape index (κ1) is 12.4. The molecule has 78 valence electrons. The Balaban J connectivity index is 4.06. The highest BCUT2D eigenvalue weighted by Crippen LogP contribution is 2.16. The Morgan fingerprint density at radius 1 is 1.54 bits per heavy atom. The van der Waals surface area contributed by atoms with Crippen LogP contribution >= 0.6 is 0 Å². The van der Waals surface area contributed by atoms with Gasteiger partial charge in [0.15, 0.2) is 0 Å². The van der Waals surface area contributed by atoms with Gasteiger partial charge in [-0.25, -0.2) is 5.01 Å². The molecule has 0 unspecified atom stereocenters. The van der Waals surface area contributed by atoms with Gasteiger partial charge in [0.05, 0.1) is 0 Å². The van der Waals surface area contributed by atoms with E-state index in [2.05, 4.69) is 24.6 Å². The van der Waals surface area contributed by atoms with E-state index < -0.39 is 0 Å². The highest BCUT2D eigenvalue weighted by Gasteiger charge is 2.24. The molecule has 0 heterocycles. The number of carbonyl (C=O) groups excluding carboxylic acids is 1. The van der Waals surface area contributed by atoms with Crippen molar-refractivity contribution in [3.63, 3.8) is 0 Å². The van der Waals surface area contributed by atoms with Gasteiger partial charge in [-0.1, -0.05) is 0 Å². The van der Waals surface area contributed by atoms with Gasteiger partial charge >= 0.3 is 0 Å². The zero-order valence-electron chi connectivity index (χ0n) is 9.22. The van der Waals surface area contributed by atoms with E-state index >= 15 is 0 Å². The Morgan fingerprint density at radius 3 is 2.46 bits per heavy atom. The first-order chi connectivity index (χ1) is 5.94. The molecule has 0 fully saturated rings. The fraction of sp³-hybridized carbons (Fsp3) is 0.889. The van der Waals surface area contributed by atoms with Crippen molar-refractivity contribution in [2.45, 2.75) is 38.8 Å². The van der Waals surface area contributed by atoms with Gasteiger partial charge in [-0.15, -0.1) is 0 Å². The molecule has 1 atom stereocenters. The Bertz CT molecular complexity index is 159. The molecular weight excluding hydrogens is 166 g/mol. The maximum absolute atomic E-state index is 10.2. The summed E-state index contributed by atoms with van der Waals surface area (Å²) in [6, 6.07) is 0.197. The second-order valence-corrected chi connectivity index (χ2v) is 3.98. The topological polar surface area (TPSA) is 44.4 Å². The van der Waals surface area contributed by atoms with Crippen molar-refractivity contribution in [1.82, 2.24) is 15.8 Å². The number of amides is 1. The minimum Gasteiger partial charge on any atom is -0.356 e. The minimum atomic E-state index is 0.0319. The third-order valence-corrected chi connectivity index (χ3v) is 2.40. The first-order valence-electron chi connectivity index (χ1n) is 4.55. The third-order valence-electron chi connectivity index (χ3n) is 2.40. The van der Waals surface area contributed by atoms with E-state index in [1.54, 1.807) is 0 Å². The molecule has 0 aliphatic heterocycles. The molecule has 4 heteroatoms. The maximum atomic E-state index is 10.2. The van der Waals surface area contributed by atoms with Crippen molar-refractivity contribution >= 4 is 6.41 Å². The van der Waals surface area contributed by atoms with Crippen LogP contribution in [0.15, 0.2) is 0 Å². The number of hydrogen-bond acceptors (Lipinski definition) is 3. The van der Waals surface area contributed by atoms with Crippen molar-refractivity contribution in [2.24, 2.45) is 0 Å². The fourth-order valence-electron chi connectivity index (χ4n) is 1.36. The summed E-state index contributed by atoms with van der Waals surface area (Å²) in [6.07, 6.45) is 1.66. The third kappa shape index (κ3) is 4.24. The number of hydrazine groups is 1. The molecule has 1 amide bonds. The lowest BCUT2D eigenvalue weighted by Crippen LogP contribution is -2.50. The van der Waals surface area contributed by atoms with Gasteiger partial charge in [0, 0.05) is 18.6 Å². The van der Waals surface area contributed by atoms with Gasteiger partial charge in [0.2, 0.25) is 6.41 Å². The second kappa shape index (κ2) is 5.19. The Labute approximate surface area is 80.7 Å². The number of carbonyl (C=O) groups is 1. The maximum Gasteiger partial charge on any atom is 0.207 e. The van der Waals surface area contributed by atoms with Crippen LogP contribution in [0.25, 0.3) is 0 Å². The van der Waals surface area contributed by atoms with Gasteiger partial charge in [0.25, 0.3) is 0 Å². The van der Waals surface area contributed by atoms with E-state index in [9.17, 15) is 4.79 Å². The monoisotopic (exact) mass is 187 g/mol. The normalized spacial score (nSPS) is 14.3. The van der Waals surface area contributed by atoms with Gasteiger partial charge in [-0.3, -0.25) is 10.2 Å². The molecule has 0 bridgehead atoms. The van der Waals surface area contributed by atoms with Crippen molar-refractivity contribution in [3.8, 4) is 0 Å². The lowest BCUT2D eigenvalue weighted by Gasteiger charge is -2.36. The predicted molar refractivity (Wildman–Crippen MR) is 54.2 cm³/mol. The van der Waals surface area contributed by atoms with Crippen LogP contribution in [0.5, 0.6) is 0 Å². The highest BCUT2D eigenvalue weighted by atomic mass is 16.1. The van der Waals surface area contributed by atoms with Crippen LogP contribution < -0.4 is 10.7 Å². The lowest BCUT2D eigenvalue weighted by atomic mass is 9.96. The molecule has 0 aromatic heterocycles. The molecule has 0 rings (SSSR count). The van der Waals surface area contributed by atoms with E-state index in [0.29, 0.717) is 0 Å². The standard InChI is InChI=1S/C9H21N3O/c1-8(11-7-13)6-9(2,3)12(5)10-4/h7-8,10H,6H2,1-5H3,(H,11,13)/t8-/m0/s1. The smallest absolute Gasteiger partial charge is 0.207 e. The van der Waals surface area contributed by atoms with Crippen LogP contribution in [0.3, 0.4) is 0 Å². The summed E-state index contributed by atoms with van der Waals surface area (Å²) in [5.41, 5.74) is 3.10. The Morgan fingerprint density at radius 2 is 2.08 bits per heavy atom. The molecule has 0 aliphatic rings. The second-order valence-electron chi connectivity index (χ2n) is 3.98. The molecule has 0 spiro atoms. The molecule has 0 aromatic rings. The summed E-state index contributed by atoms with van der Waals surface area (Å²) in [5, 5.41) is 4.78. The summed E-state index contributed by atoms with van der Waals surface area (Å²) < 4.78 is 0. The fourth-order valence-corrected chi connectivity index (χ4v) is 1.36. The van der Waals surface area contributed by atoms with Crippen LogP contribution in [-0.2, 0) is 4.79 Å². The van der Waals surface area contributed by atoms with Crippen LogP contribution in [0.4, 0.5) is 0 Å². The SMILES string of the molecule is CNN(C)C(C)(C)C[C@H](C)NC=O. The lowest BCUT2D eigenvalue weighted by molar-refractivity contribution is -0.110. The van der Waals surface area contributed by atoms with Crippen molar-refractivity contribution in [3.05, 3.63) is 0 Å². The van der Waals surface area contributed by atoms with Gasteiger partial charge in [-0.05, 0) is 34.2 Å². The Kier molecular flexibility index (Phi) is 4.95. The summed E-state index contributed by atoms with van der Waals surface area (Å²) in [4.78, 5) is 10.2. The van der Waals surface area contributed by atoms with Crippen LogP contribution in [-0.4, -0.2) is 37.1 Å². The zero-order valence-corrected chi connectivity index (χ0v) is 9.22. The number of rotatable bonds is 6. The van der Waals surface area contributed by atoms with E-state index in [4.69, 9.17) is 0 Å². The van der Waals surface area contributed by atoms with Crippen molar-refractivity contribution in [1.29, 1.82) is 0 Å². The molecule has 0 radical (unpaired) electrons. The quantitative estimate of drug-likeness (QED) is 0.466. The molecule has 13 heavy (non-hydrogen) atoms. The number of hydrogen-bond donors (Lipinski definition) is 2. The largest absolute Gasteiger partial charge is 0.356 e. The average molecular weight is 187 g/mol. The number of nitrogens with one attached hydrogen (secondary N) is 2. The molecule has 0 saturated carbocycles. The average Bonchev–Trinajstić information content (AvgIpc) is 2.02. The van der Waals surface area contributed by atoms with Crippen molar-refractivity contribution in [2.75, 3.05) is 14.1 Å². The van der Waals surface area contributed by atoms with Crippen molar-refractivity contribution < 1.29 is 4.79 Å². The first-order valence-corrected chi connectivity index (χ1v) is 4.55. The van der Waals surface area contributed by atoms with Crippen LogP contribution in [0.1, 0.15) is 27.2 Å². The molecule has 2 N–H and O–H groups in total. The van der Waals surface area contributed by atoms with E-state index in [1.165, 1.54) is 0 Å². The molecule has 0 aliphatic carbocycles. The van der Waals surface area contributed by atoms with Crippen LogP contribution in [0.2, 0.25) is 0 Å². The molecule has 4 nitrogen and oxygen atoms in total. The van der Waals surface area contributed by atoms with Gasteiger partial charge < -0.3 is 5.32 Å². The zero-order chi connectivity index (χ0) is 10.5. The number of nitrogens with zero attached hydrogens (tertiary/aromatic N) is 1. The van der Waals surface area contributed by atoms with Gasteiger partial charge in [-0.2, -0.15) is 0 Å². The summed E-state index contributed by atoms with van der Waals surface area (Å²) in [7, 11) is 3.88. The van der Waals surface area contributed by atoms with E-state index in [0.717, 1.165) is 12.8 Å². The molecule has 0 aromatic carbocycles. The molecule has 0 saturated heterocycles. The van der Waals surface area contributed by atoms with Gasteiger partial charge in [0.1, 0.15) is 0 Å². The van der Waals surface area contributed by atoms with E-state index in [1.807, 2.05) is 26.0 Å². The summed E-state index contributed by atoms with van der Waals surface area (Å²) in [5.74, 6) is 0. The Hall–Kier alpha value is -0.610. The summed E-state index contributed by atoms with van der Waals surface area (Å²) >= 11 is 0. The molecular formula is C9H21N3O. The highest BCUT2D eigenvalue weighted by molar-refractivity contribution is 5.46. The summed E-state index contributed by atoms with van der Waals surface area (Å²) in [6.45, 7) is 6.26. The minimum absolute atomic E-state index is 0.0319. The van der Waals surface area contributed by atoms with Crippen LogP contribution in [0, 0.1) is 0 Å². The van der Waals surface area contributed by atoms with E-state index in [-0.39, 0.29) is 11.6 Å². The predicted octanol–water partition coefficient (Wildman–Crippen LogP) is 0.356.